The van der Waals surface area contributed by atoms with E-state index in [4.69, 9.17) is 0 Å². The molecule has 0 spiro atoms. The van der Waals surface area contributed by atoms with Gasteiger partial charge in [0.15, 0.2) is 0 Å². The number of nitrogens with zero attached hydrogens (tertiary/aromatic N) is 1. The molecule has 0 saturated carbocycles. The molecule has 0 saturated heterocycles. The second-order valence-electron chi connectivity index (χ2n) is 4.89. The molecule has 2 rings (SSSR count). The van der Waals surface area contributed by atoms with Crippen molar-refractivity contribution in [2.75, 3.05) is 12.4 Å². The lowest BCUT2D eigenvalue weighted by Gasteiger charge is -2.21. The lowest BCUT2D eigenvalue weighted by atomic mass is 10.0. The Hall–Kier alpha value is -1.88. The zero-order valence-electron chi connectivity index (χ0n) is 11.9. The summed E-state index contributed by atoms with van der Waals surface area (Å²) < 4.78 is 0. The molecule has 2 N–H and O–H groups in total. The standard InChI is InChI=1S/C15H19N3OS/c1-10(2)14(12-5-4-8-20-12)18-15(19)11-6-7-17-13(9-11)16-3/h4-10,14H,1-3H3,(H,16,17)(H,18,19). The highest BCUT2D eigenvalue weighted by Gasteiger charge is 2.20. The third-order valence-electron chi connectivity index (χ3n) is 3.08. The number of hydrogen-bond acceptors (Lipinski definition) is 4. The first-order valence-corrected chi connectivity index (χ1v) is 7.48. The minimum absolute atomic E-state index is 0.0358. The van der Waals surface area contributed by atoms with Gasteiger partial charge in [0.1, 0.15) is 5.82 Å². The monoisotopic (exact) mass is 289 g/mol. The normalized spacial score (nSPS) is 12.2. The Balaban J connectivity index is 2.16. The highest BCUT2D eigenvalue weighted by molar-refractivity contribution is 7.10. The van der Waals surface area contributed by atoms with Crippen molar-refractivity contribution in [3.63, 3.8) is 0 Å². The maximum Gasteiger partial charge on any atom is 0.251 e. The van der Waals surface area contributed by atoms with Crippen LogP contribution in [0.3, 0.4) is 0 Å². The predicted octanol–water partition coefficient (Wildman–Crippen LogP) is 3.31. The zero-order chi connectivity index (χ0) is 14.5. The van der Waals surface area contributed by atoms with E-state index in [9.17, 15) is 4.79 Å². The molecule has 5 heteroatoms. The maximum absolute atomic E-state index is 12.4. The summed E-state index contributed by atoms with van der Waals surface area (Å²) in [5, 5.41) is 8.07. The van der Waals surface area contributed by atoms with Crippen molar-refractivity contribution in [1.29, 1.82) is 0 Å². The molecule has 0 radical (unpaired) electrons. The number of pyridine rings is 1. The smallest absolute Gasteiger partial charge is 0.251 e. The van der Waals surface area contributed by atoms with Gasteiger partial charge in [0, 0.05) is 23.7 Å². The first-order chi connectivity index (χ1) is 9.61. The van der Waals surface area contributed by atoms with E-state index in [0.717, 1.165) is 0 Å². The predicted molar refractivity (Wildman–Crippen MR) is 83.1 cm³/mol. The fourth-order valence-corrected chi connectivity index (χ4v) is 2.92. The van der Waals surface area contributed by atoms with Crippen LogP contribution < -0.4 is 10.6 Å². The Morgan fingerprint density at radius 2 is 2.15 bits per heavy atom. The Kier molecular flexibility index (Phi) is 4.74. The molecule has 0 fully saturated rings. The van der Waals surface area contributed by atoms with Gasteiger partial charge in [0.05, 0.1) is 6.04 Å². The molecule has 4 nitrogen and oxygen atoms in total. The molecule has 0 bridgehead atoms. The third kappa shape index (κ3) is 3.36. The van der Waals surface area contributed by atoms with Gasteiger partial charge in [0.2, 0.25) is 0 Å². The molecule has 2 aromatic rings. The largest absolute Gasteiger partial charge is 0.373 e. The molecular formula is C15H19N3OS. The van der Waals surface area contributed by atoms with E-state index < -0.39 is 0 Å². The van der Waals surface area contributed by atoms with Gasteiger partial charge in [-0.25, -0.2) is 4.98 Å². The van der Waals surface area contributed by atoms with Crippen molar-refractivity contribution in [2.45, 2.75) is 19.9 Å². The number of amides is 1. The van der Waals surface area contributed by atoms with Gasteiger partial charge >= 0.3 is 0 Å². The van der Waals surface area contributed by atoms with Crippen molar-refractivity contribution in [2.24, 2.45) is 5.92 Å². The fraction of sp³-hybridized carbons (Fsp3) is 0.333. The number of carbonyl (C=O) groups excluding carboxylic acids is 1. The summed E-state index contributed by atoms with van der Waals surface area (Å²) in [5.41, 5.74) is 0.617. The highest BCUT2D eigenvalue weighted by Crippen LogP contribution is 2.26. The van der Waals surface area contributed by atoms with Gasteiger partial charge in [-0.2, -0.15) is 0 Å². The van der Waals surface area contributed by atoms with Crippen molar-refractivity contribution in [3.8, 4) is 0 Å². The van der Waals surface area contributed by atoms with Crippen LogP contribution in [0.15, 0.2) is 35.8 Å². The van der Waals surface area contributed by atoms with E-state index in [1.807, 2.05) is 11.4 Å². The van der Waals surface area contributed by atoms with E-state index in [1.165, 1.54) is 4.88 Å². The number of carbonyl (C=O) groups is 1. The van der Waals surface area contributed by atoms with E-state index >= 15 is 0 Å². The second kappa shape index (κ2) is 6.52. The molecule has 0 aliphatic carbocycles. The minimum Gasteiger partial charge on any atom is -0.373 e. The Bertz CT molecular complexity index is 566. The lowest BCUT2D eigenvalue weighted by Crippen LogP contribution is -2.31. The number of nitrogens with one attached hydrogen (secondary N) is 2. The van der Waals surface area contributed by atoms with Crippen LogP contribution in [0.25, 0.3) is 0 Å². The quantitative estimate of drug-likeness (QED) is 0.888. The first-order valence-electron chi connectivity index (χ1n) is 6.60. The summed E-state index contributed by atoms with van der Waals surface area (Å²) in [5.74, 6) is 0.953. The molecule has 20 heavy (non-hydrogen) atoms. The van der Waals surface area contributed by atoms with Crippen molar-refractivity contribution in [3.05, 3.63) is 46.3 Å². The number of hydrogen-bond donors (Lipinski definition) is 2. The van der Waals surface area contributed by atoms with Crippen molar-refractivity contribution >= 4 is 23.1 Å². The van der Waals surface area contributed by atoms with E-state index in [0.29, 0.717) is 17.3 Å². The van der Waals surface area contributed by atoms with Crippen molar-refractivity contribution in [1.82, 2.24) is 10.3 Å². The topological polar surface area (TPSA) is 54.0 Å². The summed E-state index contributed by atoms with van der Waals surface area (Å²) in [6.45, 7) is 4.21. The van der Waals surface area contributed by atoms with Crippen LogP contribution in [0.2, 0.25) is 0 Å². The average Bonchev–Trinajstić information content (AvgIpc) is 2.98. The second-order valence-corrected chi connectivity index (χ2v) is 5.87. The van der Waals surface area contributed by atoms with Gasteiger partial charge in [-0.05, 0) is 29.5 Å². The lowest BCUT2D eigenvalue weighted by molar-refractivity contribution is 0.0926. The van der Waals surface area contributed by atoms with Gasteiger partial charge in [0.25, 0.3) is 5.91 Å². The molecule has 2 aromatic heterocycles. The molecule has 2 heterocycles. The number of aromatic nitrogens is 1. The summed E-state index contributed by atoms with van der Waals surface area (Å²) in [6.07, 6.45) is 1.64. The van der Waals surface area contributed by atoms with Crippen LogP contribution in [0, 0.1) is 5.92 Å². The molecule has 106 valence electrons. The zero-order valence-corrected chi connectivity index (χ0v) is 12.7. The molecule has 0 aliphatic rings. The molecular weight excluding hydrogens is 270 g/mol. The number of rotatable bonds is 5. The Morgan fingerprint density at radius 1 is 1.35 bits per heavy atom. The van der Waals surface area contributed by atoms with E-state index in [-0.39, 0.29) is 11.9 Å². The summed E-state index contributed by atoms with van der Waals surface area (Å²) in [7, 11) is 1.78. The average molecular weight is 289 g/mol. The Morgan fingerprint density at radius 3 is 2.75 bits per heavy atom. The van der Waals surface area contributed by atoms with Gasteiger partial charge in [-0.3, -0.25) is 4.79 Å². The Labute approximate surface area is 123 Å². The molecule has 0 aliphatic heterocycles. The summed E-state index contributed by atoms with van der Waals surface area (Å²) in [4.78, 5) is 17.7. The minimum atomic E-state index is -0.0731. The van der Waals surface area contributed by atoms with Crippen LogP contribution in [-0.4, -0.2) is 17.9 Å². The van der Waals surface area contributed by atoms with Gasteiger partial charge < -0.3 is 10.6 Å². The van der Waals surface area contributed by atoms with Crippen molar-refractivity contribution < 1.29 is 4.79 Å². The molecule has 1 amide bonds. The number of anilines is 1. The van der Waals surface area contributed by atoms with Crippen LogP contribution in [0.5, 0.6) is 0 Å². The SMILES string of the molecule is CNc1cc(C(=O)NC(c2cccs2)C(C)C)ccn1. The summed E-state index contributed by atoms with van der Waals surface area (Å²) in [6, 6.07) is 7.57. The van der Waals surface area contributed by atoms with Crippen LogP contribution >= 0.6 is 11.3 Å². The van der Waals surface area contributed by atoms with E-state index in [2.05, 4.69) is 35.5 Å². The van der Waals surface area contributed by atoms with Crippen LogP contribution in [0.1, 0.15) is 35.1 Å². The first kappa shape index (κ1) is 14.5. The van der Waals surface area contributed by atoms with E-state index in [1.54, 1.807) is 36.7 Å². The van der Waals surface area contributed by atoms with Gasteiger partial charge in [-0.15, -0.1) is 11.3 Å². The van der Waals surface area contributed by atoms with Crippen LogP contribution in [0.4, 0.5) is 5.82 Å². The summed E-state index contributed by atoms with van der Waals surface area (Å²) >= 11 is 1.66. The fourth-order valence-electron chi connectivity index (χ4n) is 1.97. The third-order valence-corrected chi connectivity index (χ3v) is 4.04. The molecule has 1 unspecified atom stereocenters. The molecule has 1 atom stereocenters. The maximum atomic E-state index is 12.4. The van der Waals surface area contributed by atoms with Gasteiger partial charge in [-0.1, -0.05) is 19.9 Å². The number of thiophene rings is 1. The molecule has 0 aromatic carbocycles. The van der Waals surface area contributed by atoms with Crippen LogP contribution in [-0.2, 0) is 0 Å². The highest BCUT2D eigenvalue weighted by atomic mass is 32.1.